The number of carbonyl (C=O) groups excluding carboxylic acids is 2. The van der Waals surface area contributed by atoms with E-state index in [1.807, 2.05) is 29.2 Å². The highest BCUT2D eigenvalue weighted by atomic mass is 19.4. The lowest BCUT2D eigenvalue weighted by Gasteiger charge is -2.47. The first-order chi connectivity index (χ1) is 18.7. The van der Waals surface area contributed by atoms with Gasteiger partial charge < -0.3 is 9.64 Å². The zero-order valence-corrected chi connectivity index (χ0v) is 21.7. The number of hydrogen-bond acceptors (Lipinski definition) is 3. The molecule has 3 aliphatic rings. The summed E-state index contributed by atoms with van der Waals surface area (Å²) in [5.41, 5.74) is 4.57. The van der Waals surface area contributed by atoms with Gasteiger partial charge in [0.15, 0.2) is 5.78 Å². The minimum atomic E-state index is -4.45. The Morgan fingerprint density at radius 2 is 1.49 bits per heavy atom. The third-order valence-corrected chi connectivity index (χ3v) is 8.71. The zero-order chi connectivity index (χ0) is 27.3. The number of aryl methyl sites for hydroxylation is 1. The average molecular weight is 534 g/mol. The van der Waals surface area contributed by atoms with Crippen molar-refractivity contribution in [3.63, 3.8) is 0 Å². The molecule has 2 saturated heterocycles. The standard InChI is InChI=1S/C32H30F3NO3/c1-19-15-21(32(33,34)35)13-14-24(19)30(37)20-16-22-7-6-8-23(17-20)36(22)31(38)39-18-29-27-11-4-2-9-25(27)26-10-3-5-12-28(26)29/h2-5,9-15,20,22-23,29H,6-8,16-18H2,1H3. The highest BCUT2D eigenvalue weighted by molar-refractivity contribution is 5.99. The number of ketones is 1. The van der Waals surface area contributed by atoms with Crippen LogP contribution in [0.15, 0.2) is 66.7 Å². The predicted octanol–water partition coefficient (Wildman–Crippen LogP) is 7.78. The summed E-state index contributed by atoms with van der Waals surface area (Å²) < 4.78 is 45.3. The fraction of sp³-hybridized carbons (Fsp3) is 0.375. The molecule has 1 aliphatic carbocycles. The normalized spacial score (nSPS) is 22.3. The van der Waals surface area contributed by atoms with Crippen molar-refractivity contribution in [2.24, 2.45) is 5.92 Å². The van der Waals surface area contributed by atoms with E-state index in [1.165, 1.54) is 17.2 Å². The molecule has 2 unspecified atom stereocenters. The Kier molecular flexibility index (Phi) is 6.48. The van der Waals surface area contributed by atoms with Crippen molar-refractivity contribution in [2.45, 2.75) is 63.2 Å². The molecular weight excluding hydrogens is 503 g/mol. The number of benzene rings is 3. The Hall–Kier alpha value is -3.61. The fourth-order valence-corrected chi connectivity index (χ4v) is 6.90. The van der Waals surface area contributed by atoms with Gasteiger partial charge in [0.2, 0.25) is 0 Å². The van der Waals surface area contributed by atoms with Gasteiger partial charge in [-0.25, -0.2) is 4.79 Å². The van der Waals surface area contributed by atoms with Gasteiger partial charge in [0.05, 0.1) is 5.56 Å². The highest BCUT2D eigenvalue weighted by Gasteiger charge is 2.44. The first-order valence-corrected chi connectivity index (χ1v) is 13.6. The quantitative estimate of drug-likeness (QED) is 0.322. The number of ether oxygens (including phenoxy) is 1. The Morgan fingerprint density at radius 1 is 0.897 bits per heavy atom. The minimum absolute atomic E-state index is 0.0250. The summed E-state index contributed by atoms with van der Waals surface area (Å²) in [7, 11) is 0. The Balaban J connectivity index is 1.16. The van der Waals surface area contributed by atoms with E-state index < -0.39 is 11.7 Å². The summed E-state index contributed by atoms with van der Waals surface area (Å²) in [6.07, 6.45) is -1.24. The van der Waals surface area contributed by atoms with Crippen LogP contribution in [0.2, 0.25) is 0 Å². The number of hydrogen-bond donors (Lipinski definition) is 0. The Bertz CT molecular complexity index is 1370. The van der Waals surface area contributed by atoms with Crippen LogP contribution in [0.4, 0.5) is 18.0 Å². The molecule has 2 aliphatic heterocycles. The first kappa shape index (κ1) is 25.7. The maximum absolute atomic E-state index is 13.4. The van der Waals surface area contributed by atoms with Crippen molar-refractivity contribution in [1.82, 2.24) is 4.90 Å². The third-order valence-electron chi connectivity index (χ3n) is 8.71. The van der Waals surface area contributed by atoms with E-state index in [9.17, 15) is 22.8 Å². The number of rotatable bonds is 4. The molecule has 2 bridgehead atoms. The van der Waals surface area contributed by atoms with Crippen LogP contribution in [0.1, 0.15) is 70.6 Å². The number of amides is 1. The Labute approximate surface area is 225 Å². The minimum Gasteiger partial charge on any atom is -0.448 e. The van der Waals surface area contributed by atoms with E-state index in [2.05, 4.69) is 24.3 Å². The van der Waals surface area contributed by atoms with E-state index >= 15 is 0 Å². The van der Waals surface area contributed by atoms with Crippen LogP contribution in [0.5, 0.6) is 0 Å². The van der Waals surface area contributed by atoms with Crippen molar-refractivity contribution >= 4 is 11.9 Å². The van der Waals surface area contributed by atoms with Gasteiger partial charge >= 0.3 is 12.3 Å². The van der Waals surface area contributed by atoms with Crippen molar-refractivity contribution in [1.29, 1.82) is 0 Å². The number of piperidine rings is 2. The number of nitrogens with zero attached hydrogens (tertiary/aromatic N) is 1. The molecular formula is C32H30F3NO3. The largest absolute Gasteiger partial charge is 0.448 e. The maximum Gasteiger partial charge on any atom is 0.416 e. The number of fused-ring (bicyclic) bond motifs is 5. The molecule has 7 heteroatoms. The van der Waals surface area contributed by atoms with Gasteiger partial charge in [0.25, 0.3) is 0 Å². The second-order valence-corrected chi connectivity index (χ2v) is 11.0. The van der Waals surface area contributed by atoms with Gasteiger partial charge in [-0.2, -0.15) is 13.2 Å². The lowest BCUT2D eigenvalue weighted by molar-refractivity contribution is -0.137. The molecule has 2 atom stereocenters. The van der Waals surface area contributed by atoms with Crippen LogP contribution in [0.3, 0.4) is 0 Å². The SMILES string of the molecule is Cc1cc(C(F)(F)F)ccc1C(=O)C1CC2CCCC(C1)N2C(=O)OCC1c2ccccc2-c2ccccc21. The summed E-state index contributed by atoms with van der Waals surface area (Å²) in [5, 5.41) is 0. The van der Waals surface area contributed by atoms with Crippen LogP contribution in [-0.4, -0.2) is 35.5 Å². The predicted molar refractivity (Wildman–Crippen MR) is 142 cm³/mol. The molecule has 202 valence electrons. The molecule has 6 rings (SSSR count). The topological polar surface area (TPSA) is 46.6 Å². The van der Waals surface area contributed by atoms with Crippen LogP contribution >= 0.6 is 0 Å². The van der Waals surface area contributed by atoms with Crippen LogP contribution in [0, 0.1) is 12.8 Å². The lowest BCUT2D eigenvalue weighted by Crippen LogP contribution is -2.56. The smallest absolute Gasteiger partial charge is 0.416 e. The molecule has 2 heterocycles. The average Bonchev–Trinajstić information content (AvgIpc) is 3.23. The lowest BCUT2D eigenvalue weighted by atomic mass is 9.75. The molecule has 0 spiro atoms. The molecule has 4 nitrogen and oxygen atoms in total. The molecule has 0 saturated carbocycles. The van der Waals surface area contributed by atoms with Gasteiger partial charge in [0.1, 0.15) is 6.61 Å². The number of Topliss-reactive ketones (excluding diaryl/α,β-unsaturated/α-hetero) is 1. The number of alkyl halides is 3. The van der Waals surface area contributed by atoms with Gasteiger partial charge in [-0.1, -0.05) is 54.6 Å². The monoisotopic (exact) mass is 533 g/mol. The molecule has 39 heavy (non-hydrogen) atoms. The molecule has 3 aromatic rings. The van der Waals surface area contributed by atoms with Gasteiger partial charge in [-0.05, 0) is 79.0 Å². The van der Waals surface area contributed by atoms with E-state index in [4.69, 9.17) is 4.74 Å². The van der Waals surface area contributed by atoms with Crippen LogP contribution in [-0.2, 0) is 10.9 Å². The molecule has 0 aromatic heterocycles. The van der Waals surface area contributed by atoms with Crippen molar-refractivity contribution in [3.05, 3.63) is 94.5 Å². The molecule has 0 N–H and O–H groups in total. The zero-order valence-electron chi connectivity index (χ0n) is 21.7. The fourth-order valence-electron chi connectivity index (χ4n) is 6.90. The molecule has 0 radical (unpaired) electrons. The molecule has 2 fully saturated rings. The number of halogens is 3. The van der Waals surface area contributed by atoms with E-state index in [0.717, 1.165) is 42.5 Å². The second-order valence-electron chi connectivity index (χ2n) is 11.0. The van der Waals surface area contributed by atoms with E-state index in [1.54, 1.807) is 6.92 Å². The summed E-state index contributed by atoms with van der Waals surface area (Å²) in [5.74, 6) is -0.485. The number of carbonyl (C=O) groups is 2. The molecule has 3 aromatic carbocycles. The van der Waals surface area contributed by atoms with E-state index in [-0.39, 0.29) is 42.4 Å². The van der Waals surface area contributed by atoms with Crippen LogP contribution in [0.25, 0.3) is 11.1 Å². The van der Waals surface area contributed by atoms with Crippen molar-refractivity contribution < 1.29 is 27.5 Å². The van der Waals surface area contributed by atoms with Gasteiger partial charge in [-0.3, -0.25) is 4.79 Å². The van der Waals surface area contributed by atoms with Crippen LogP contribution < -0.4 is 0 Å². The van der Waals surface area contributed by atoms with Gasteiger partial charge in [0, 0.05) is 29.5 Å². The van der Waals surface area contributed by atoms with Crippen molar-refractivity contribution in [2.75, 3.05) is 6.61 Å². The Morgan fingerprint density at radius 3 is 2.05 bits per heavy atom. The summed E-state index contributed by atoms with van der Waals surface area (Å²) >= 11 is 0. The summed E-state index contributed by atoms with van der Waals surface area (Å²) in [6.45, 7) is 1.80. The third kappa shape index (κ3) is 4.62. The highest BCUT2D eigenvalue weighted by Crippen LogP contribution is 2.45. The molecule has 1 amide bonds. The maximum atomic E-state index is 13.4. The van der Waals surface area contributed by atoms with E-state index in [0.29, 0.717) is 24.0 Å². The summed E-state index contributed by atoms with van der Waals surface area (Å²) in [4.78, 5) is 28.7. The van der Waals surface area contributed by atoms with Gasteiger partial charge in [-0.15, -0.1) is 0 Å². The summed E-state index contributed by atoms with van der Waals surface area (Å²) in [6, 6.07) is 19.5. The first-order valence-electron chi connectivity index (χ1n) is 13.6. The van der Waals surface area contributed by atoms with Crippen molar-refractivity contribution in [3.8, 4) is 11.1 Å². The second kappa shape index (κ2) is 9.85.